The number of pyridine rings is 1. The number of carbonyl (C=O) groups excluding carboxylic acids is 1. The SMILES string of the molecule is [B]c1ccc(Nc2cc(=O)n(C)c3c2c(=O)n(C2CC2)c(=O)n3-c2cccc(NC(=O)OCC)c2)c(F)c1. The lowest BCUT2D eigenvalue weighted by Gasteiger charge is -2.19. The standard InChI is InChI=1S/C26H23BFN5O5/c1-3-38-25(36)29-15-5-4-6-17(12-15)32-23-22(24(35)33(26(32)37)16-8-9-16)20(13-21(34)31(23)2)30-19-10-7-14(27)11-18(19)28/h4-7,10-13,16,30H,3,8-9H2,1-2H3,(H,29,36). The van der Waals surface area contributed by atoms with Gasteiger partial charge in [0.2, 0.25) is 0 Å². The Morgan fingerprint density at radius 2 is 1.87 bits per heavy atom. The summed E-state index contributed by atoms with van der Waals surface area (Å²) in [5.74, 6) is -0.674. The lowest BCUT2D eigenvalue weighted by atomic mass is 9.96. The topological polar surface area (TPSA) is 116 Å². The van der Waals surface area contributed by atoms with E-state index in [1.54, 1.807) is 25.1 Å². The molecule has 0 bridgehead atoms. The molecule has 2 aromatic heterocycles. The largest absolute Gasteiger partial charge is 0.450 e. The summed E-state index contributed by atoms with van der Waals surface area (Å²) in [5, 5.41) is 5.45. The monoisotopic (exact) mass is 515 g/mol. The highest BCUT2D eigenvalue weighted by molar-refractivity contribution is 6.32. The first-order valence-electron chi connectivity index (χ1n) is 12.0. The summed E-state index contributed by atoms with van der Waals surface area (Å²) in [4.78, 5) is 52.4. The van der Waals surface area contributed by atoms with Gasteiger partial charge in [-0.15, -0.1) is 0 Å². The number of amides is 1. The highest BCUT2D eigenvalue weighted by atomic mass is 19.1. The van der Waals surface area contributed by atoms with Crippen LogP contribution in [0.25, 0.3) is 16.7 Å². The van der Waals surface area contributed by atoms with E-state index in [-0.39, 0.29) is 40.5 Å². The second-order valence-electron chi connectivity index (χ2n) is 8.94. The number of hydrogen-bond acceptors (Lipinski definition) is 6. The van der Waals surface area contributed by atoms with Gasteiger partial charge in [0, 0.05) is 24.8 Å². The molecule has 0 saturated heterocycles. The Labute approximate surface area is 216 Å². The predicted octanol–water partition coefficient (Wildman–Crippen LogP) is 2.43. The second-order valence-corrected chi connectivity index (χ2v) is 8.94. The minimum absolute atomic E-state index is 0.00417. The zero-order chi connectivity index (χ0) is 27.1. The van der Waals surface area contributed by atoms with Crippen molar-refractivity contribution in [3.63, 3.8) is 0 Å². The molecule has 2 aromatic carbocycles. The first-order valence-corrected chi connectivity index (χ1v) is 12.0. The molecule has 0 unspecified atom stereocenters. The average molecular weight is 515 g/mol. The molecular formula is C26H23BFN5O5. The van der Waals surface area contributed by atoms with Gasteiger partial charge in [-0.25, -0.2) is 18.5 Å². The van der Waals surface area contributed by atoms with Crippen molar-refractivity contribution in [2.45, 2.75) is 25.8 Å². The number of rotatable bonds is 6. The molecule has 0 aliphatic heterocycles. The van der Waals surface area contributed by atoms with Gasteiger partial charge in [0.15, 0.2) is 0 Å². The van der Waals surface area contributed by atoms with Crippen LogP contribution >= 0.6 is 0 Å². The van der Waals surface area contributed by atoms with Crippen molar-refractivity contribution in [1.82, 2.24) is 13.7 Å². The Bertz CT molecular complexity index is 1770. The number of hydrogen-bond donors (Lipinski definition) is 2. The van der Waals surface area contributed by atoms with E-state index in [4.69, 9.17) is 12.6 Å². The van der Waals surface area contributed by atoms with Crippen molar-refractivity contribution < 1.29 is 13.9 Å². The first-order chi connectivity index (χ1) is 18.2. The molecule has 2 radical (unpaired) electrons. The van der Waals surface area contributed by atoms with Crippen LogP contribution < -0.4 is 32.9 Å². The van der Waals surface area contributed by atoms with Crippen LogP contribution in [0.5, 0.6) is 0 Å². The molecule has 1 aliphatic rings. The van der Waals surface area contributed by atoms with E-state index in [9.17, 15) is 23.6 Å². The van der Waals surface area contributed by atoms with Crippen LogP contribution in [0.1, 0.15) is 25.8 Å². The molecule has 5 rings (SSSR count). The first kappa shape index (κ1) is 25.1. The molecule has 1 fully saturated rings. The molecule has 1 saturated carbocycles. The van der Waals surface area contributed by atoms with Crippen LogP contribution in [0.3, 0.4) is 0 Å². The van der Waals surface area contributed by atoms with Crippen LogP contribution in [0, 0.1) is 5.82 Å². The fourth-order valence-corrected chi connectivity index (χ4v) is 4.33. The van der Waals surface area contributed by atoms with E-state index < -0.39 is 28.7 Å². The summed E-state index contributed by atoms with van der Waals surface area (Å²) in [7, 11) is 7.09. The molecular weight excluding hydrogens is 492 g/mol. The highest BCUT2D eigenvalue weighted by Gasteiger charge is 2.31. The zero-order valence-electron chi connectivity index (χ0n) is 20.7. The number of nitrogens with one attached hydrogen (secondary N) is 2. The van der Waals surface area contributed by atoms with Crippen LogP contribution in [0.15, 0.2) is 62.9 Å². The van der Waals surface area contributed by atoms with Gasteiger partial charge in [0.1, 0.15) is 24.7 Å². The van der Waals surface area contributed by atoms with E-state index >= 15 is 0 Å². The van der Waals surface area contributed by atoms with Crippen LogP contribution in [0.4, 0.5) is 26.2 Å². The molecule has 38 heavy (non-hydrogen) atoms. The van der Waals surface area contributed by atoms with Gasteiger partial charge in [-0.3, -0.25) is 24.0 Å². The molecule has 1 aliphatic carbocycles. The number of aryl methyl sites for hydroxylation is 1. The molecule has 2 heterocycles. The summed E-state index contributed by atoms with van der Waals surface area (Å²) in [6.45, 7) is 1.85. The third-order valence-electron chi connectivity index (χ3n) is 6.25. The summed E-state index contributed by atoms with van der Waals surface area (Å²) >= 11 is 0. The van der Waals surface area contributed by atoms with Gasteiger partial charge in [0.05, 0.1) is 23.7 Å². The van der Waals surface area contributed by atoms with Crippen molar-refractivity contribution in [3.05, 3.63) is 85.5 Å². The zero-order valence-corrected chi connectivity index (χ0v) is 20.7. The average Bonchev–Trinajstić information content (AvgIpc) is 3.69. The Balaban J connectivity index is 1.80. The van der Waals surface area contributed by atoms with E-state index in [0.29, 0.717) is 24.2 Å². The molecule has 192 valence electrons. The maximum atomic E-state index is 14.6. The number of aromatic nitrogens is 3. The molecule has 4 aromatic rings. The van der Waals surface area contributed by atoms with Crippen LogP contribution in [-0.2, 0) is 11.8 Å². The van der Waals surface area contributed by atoms with Gasteiger partial charge < -0.3 is 10.1 Å². The number of fused-ring (bicyclic) bond motifs is 1. The maximum Gasteiger partial charge on any atom is 0.411 e. The van der Waals surface area contributed by atoms with Crippen LogP contribution in [-0.4, -0.2) is 34.2 Å². The molecule has 1 amide bonds. The third kappa shape index (κ3) is 4.49. The fraction of sp³-hybridized carbons (Fsp3) is 0.231. The van der Waals surface area contributed by atoms with Crippen molar-refractivity contribution >= 4 is 47.5 Å². The summed E-state index contributed by atoms with van der Waals surface area (Å²) < 4.78 is 23.2. The summed E-state index contributed by atoms with van der Waals surface area (Å²) in [6, 6.07) is 11.3. The quantitative estimate of drug-likeness (QED) is 0.381. The summed E-state index contributed by atoms with van der Waals surface area (Å²) in [5.41, 5.74) is -0.858. The molecule has 12 heteroatoms. The molecule has 0 spiro atoms. The van der Waals surface area contributed by atoms with Gasteiger partial charge in [0.25, 0.3) is 11.1 Å². The van der Waals surface area contributed by atoms with Crippen molar-refractivity contribution in [2.75, 3.05) is 17.2 Å². The minimum atomic E-state index is -0.674. The van der Waals surface area contributed by atoms with E-state index in [0.717, 1.165) is 10.6 Å². The second kappa shape index (κ2) is 9.69. The van der Waals surface area contributed by atoms with E-state index in [1.807, 2.05) is 0 Å². The van der Waals surface area contributed by atoms with Gasteiger partial charge in [-0.2, -0.15) is 0 Å². The number of ether oxygens (including phenoxy) is 1. The summed E-state index contributed by atoms with van der Waals surface area (Å²) in [6.07, 6.45) is 0.618. The smallest absolute Gasteiger partial charge is 0.411 e. The number of anilines is 3. The Hall–Kier alpha value is -4.61. The number of benzene rings is 2. The fourth-order valence-electron chi connectivity index (χ4n) is 4.33. The molecule has 2 N–H and O–H groups in total. The predicted molar refractivity (Wildman–Crippen MR) is 143 cm³/mol. The maximum absolute atomic E-state index is 14.6. The Morgan fingerprint density at radius 3 is 2.55 bits per heavy atom. The van der Waals surface area contributed by atoms with Crippen LogP contribution in [0.2, 0.25) is 0 Å². The lowest BCUT2D eigenvalue weighted by Crippen LogP contribution is -2.41. The lowest BCUT2D eigenvalue weighted by molar-refractivity contribution is 0.168. The third-order valence-corrected chi connectivity index (χ3v) is 6.25. The Morgan fingerprint density at radius 1 is 1.11 bits per heavy atom. The van der Waals surface area contributed by atoms with E-state index in [1.165, 1.54) is 40.4 Å². The molecule has 0 atom stereocenters. The number of nitrogens with zero attached hydrogens (tertiary/aromatic N) is 3. The number of halogens is 1. The molecule has 10 nitrogen and oxygen atoms in total. The Kier molecular flexibility index (Phi) is 6.39. The minimum Gasteiger partial charge on any atom is -0.450 e. The number of carbonyl (C=O) groups is 1. The van der Waals surface area contributed by atoms with Gasteiger partial charge in [-0.1, -0.05) is 17.6 Å². The van der Waals surface area contributed by atoms with Crippen molar-refractivity contribution in [3.8, 4) is 5.69 Å². The highest BCUT2D eigenvalue weighted by Crippen LogP contribution is 2.33. The van der Waals surface area contributed by atoms with Crippen molar-refractivity contribution in [2.24, 2.45) is 7.05 Å². The van der Waals surface area contributed by atoms with Gasteiger partial charge in [-0.05, 0) is 50.1 Å². The van der Waals surface area contributed by atoms with Crippen molar-refractivity contribution in [1.29, 1.82) is 0 Å². The normalized spacial score (nSPS) is 12.9. The van der Waals surface area contributed by atoms with E-state index in [2.05, 4.69) is 10.6 Å². The van der Waals surface area contributed by atoms with Gasteiger partial charge >= 0.3 is 11.8 Å².